The average Bonchev–Trinajstić information content (AvgIpc) is 3.25. The molecule has 2 unspecified atom stereocenters. The van der Waals surface area contributed by atoms with Crippen LogP contribution in [0.25, 0.3) is 22.2 Å². The minimum atomic E-state index is -0.971. The van der Waals surface area contributed by atoms with Crippen molar-refractivity contribution in [2.24, 2.45) is 5.92 Å². The summed E-state index contributed by atoms with van der Waals surface area (Å²) in [7, 11) is 0. The SMILES string of the molecule is CC(=O)C1(C)NC(C)[C@H]2COc3ccccc3-c3c(C4CCCCC4)c4ccc(cc4n3C2)CN(SCCO)N1. The summed E-state index contributed by atoms with van der Waals surface area (Å²) in [6.45, 7) is 7.74. The van der Waals surface area contributed by atoms with E-state index in [2.05, 4.69) is 64.7 Å². The van der Waals surface area contributed by atoms with Crippen LogP contribution in [0.5, 0.6) is 5.75 Å². The normalized spacial score (nSPS) is 26.0. The van der Waals surface area contributed by atoms with Crippen LogP contribution in [0.4, 0.5) is 0 Å². The lowest BCUT2D eigenvalue weighted by atomic mass is 9.81. The van der Waals surface area contributed by atoms with Gasteiger partial charge < -0.3 is 14.4 Å². The number of carbonyl (C=O) groups excluding carboxylic acids is 1. The molecule has 2 aromatic carbocycles. The summed E-state index contributed by atoms with van der Waals surface area (Å²) >= 11 is 1.51. The third kappa shape index (κ3) is 5.21. The third-order valence-electron chi connectivity index (χ3n) is 9.13. The van der Waals surface area contributed by atoms with Crippen LogP contribution < -0.4 is 15.5 Å². The molecule has 3 aliphatic rings. The van der Waals surface area contributed by atoms with Crippen molar-refractivity contribution in [1.29, 1.82) is 0 Å². The Hall–Kier alpha value is -2.36. The molecule has 1 saturated carbocycles. The van der Waals surface area contributed by atoms with Crippen LogP contribution in [-0.2, 0) is 17.9 Å². The minimum Gasteiger partial charge on any atom is -0.492 e. The highest BCUT2D eigenvalue weighted by Crippen LogP contribution is 2.47. The van der Waals surface area contributed by atoms with Crippen LogP contribution >= 0.6 is 11.9 Å². The first-order chi connectivity index (χ1) is 19.4. The van der Waals surface area contributed by atoms with E-state index in [9.17, 15) is 9.90 Å². The van der Waals surface area contributed by atoms with Gasteiger partial charge in [0.2, 0.25) is 0 Å². The minimum absolute atomic E-state index is 0.0117. The number of aromatic nitrogens is 1. The Morgan fingerprint density at radius 1 is 1.18 bits per heavy atom. The van der Waals surface area contributed by atoms with Crippen molar-refractivity contribution < 1.29 is 14.6 Å². The van der Waals surface area contributed by atoms with Gasteiger partial charge in [0.15, 0.2) is 5.78 Å². The highest BCUT2D eigenvalue weighted by Gasteiger charge is 2.38. The zero-order chi connectivity index (χ0) is 27.9. The Balaban J connectivity index is 1.58. The van der Waals surface area contributed by atoms with Crippen molar-refractivity contribution in [2.75, 3.05) is 19.0 Å². The number of hydrogen-bond acceptors (Lipinski definition) is 7. The summed E-state index contributed by atoms with van der Waals surface area (Å²) in [6, 6.07) is 15.4. The maximum atomic E-state index is 13.1. The van der Waals surface area contributed by atoms with Crippen molar-refractivity contribution >= 4 is 28.6 Å². The molecule has 8 heteroatoms. The molecule has 40 heavy (non-hydrogen) atoms. The van der Waals surface area contributed by atoms with Crippen molar-refractivity contribution in [2.45, 2.75) is 83.6 Å². The molecule has 3 N–H and O–H groups in total. The van der Waals surface area contributed by atoms with Gasteiger partial charge in [0.05, 0.1) is 18.9 Å². The molecular weight excluding hydrogens is 520 g/mol. The summed E-state index contributed by atoms with van der Waals surface area (Å²) in [5, 5.41) is 14.6. The summed E-state index contributed by atoms with van der Waals surface area (Å²) in [5.74, 6) is 2.16. The molecule has 2 aliphatic heterocycles. The van der Waals surface area contributed by atoms with Gasteiger partial charge in [-0.1, -0.05) is 55.5 Å². The summed E-state index contributed by atoms with van der Waals surface area (Å²) in [4.78, 5) is 13.1. The fourth-order valence-corrected chi connectivity index (χ4v) is 7.64. The number of nitrogens with zero attached hydrogens (tertiary/aromatic N) is 2. The number of aliphatic hydroxyl groups excluding tert-OH is 1. The van der Waals surface area contributed by atoms with E-state index in [1.165, 1.54) is 77.3 Å². The highest BCUT2D eigenvalue weighted by molar-refractivity contribution is 7.96. The molecule has 3 heterocycles. The number of ether oxygens (including phenoxy) is 1. The van der Waals surface area contributed by atoms with Crippen LogP contribution in [0.1, 0.15) is 69.9 Å². The Morgan fingerprint density at radius 2 is 1.98 bits per heavy atom. The van der Waals surface area contributed by atoms with Gasteiger partial charge in [-0.15, -0.1) is 0 Å². The zero-order valence-corrected chi connectivity index (χ0v) is 24.7. The van der Waals surface area contributed by atoms with E-state index >= 15 is 0 Å². The topological polar surface area (TPSA) is 78.8 Å². The van der Waals surface area contributed by atoms with E-state index < -0.39 is 5.66 Å². The fourth-order valence-electron chi connectivity index (χ4n) is 6.85. The van der Waals surface area contributed by atoms with E-state index in [-0.39, 0.29) is 24.3 Å². The molecule has 214 valence electrons. The van der Waals surface area contributed by atoms with Crippen molar-refractivity contribution in [3.8, 4) is 17.0 Å². The number of hydrogen-bond donors (Lipinski definition) is 3. The Bertz CT molecular complexity index is 1380. The lowest BCUT2D eigenvalue weighted by Gasteiger charge is -2.40. The quantitative estimate of drug-likeness (QED) is 0.349. The number of carbonyl (C=O) groups is 1. The molecule has 0 amide bonds. The van der Waals surface area contributed by atoms with Crippen molar-refractivity contribution in [3.63, 3.8) is 0 Å². The van der Waals surface area contributed by atoms with Crippen LogP contribution in [-0.4, -0.2) is 50.5 Å². The Labute approximate surface area is 241 Å². The van der Waals surface area contributed by atoms with Gasteiger partial charge in [0.25, 0.3) is 0 Å². The first kappa shape index (κ1) is 27.8. The second-order valence-corrected chi connectivity index (χ2v) is 13.1. The number of hydrazine groups is 1. The smallest absolute Gasteiger partial charge is 0.165 e. The maximum Gasteiger partial charge on any atom is 0.165 e. The highest BCUT2D eigenvalue weighted by atomic mass is 32.2. The number of aliphatic hydroxyl groups is 1. The second-order valence-electron chi connectivity index (χ2n) is 11.9. The molecule has 0 saturated heterocycles. The van der Waals surface area contributed by atoms with Crippen LogP contribution in [0, 0.1) is 5.92 Å². The molecule has 1 fully saturated rings. The predicted octanol–water partition coefficient (Wildman–Crippen LogP) is 5.61. The second kappa shape index (κ2) is 11.5. The number of rotatable bonds is 5. The standard InChI is InChI=1S/C32H42N4O3S/c1-21-25-19-35-28-17-23(18-36(40-16-15-37)34-32(3,33-21)22(2)38)13-14-26(28)30(24-9-5-4-6-10-24)31(35)27-11-7-8-12-29(27)39-20-25/h7-8,11-14,17,21,24-25,33-34,37H,4-6,9-10,15-16,18-20H2,1-3H3/t21?,25-,32?/m1/s1. The molecule has 7 nitrogen and oxygen atoms in total. The van der Waals surface area contributed by atoms with Crippen molar-refractivity contribution in [3.05, 3.63) is 53.6 Å². The molecule has 6 rings (SSSR count). The summed E-state index contributed by atoms with van der Waals surface area (Å²) in [5.41, 5.74) is 8.93. The van der Waals surface area contributed by atoms with Gasteiger partial charge in [0.1, 0.15) is 11.4 Å². The molecule has 0 radical (unpaired) electrons. The molecule has 3 aromatic rings. The van der Waals surface area contributed by atoms with Gasteiger partial charge >= 0.3 is 0 Å². The van der Waals surface area contributed by atoms with E-state index in [4.69, 9.17) is 4.74 Å². The number of ketones is 1. The lowest BCUT2D eigenvalue weighted by Crippen LogP contribution is -2.66. The molecule has 1 aromatic heterocycles. The average molecular weight is 563 g/mol. The molecule has 3 atom stereocenters. The van der Waals surface area contributed by atoms with Gasteiger partial charge in [-0.05, 0) is 68.9 Å². The molecular formula is C32H42N4O3S. The predicted molar refractivity (Wildman–Crippen MR) is 162 cm³/mol. The molecule has 4 bridgehead atoms. The Kier molecular flexibility index (Phi) is 7.98. The van der Waals surface area contributed by atoms with E-state index in [0.29, 0.717) is 24.8 Å². The van der Waals surface area contributed by atoms with Crippen LogP contribution in [0.3, 0.4) is 0 Å². The van der Waals surface area contributed by atoms with E-state index in [1.54, 1.807) is 6.92 Å². The van der Waals surface area contributed by atoms with E-state index in [0.717, 1.165) is 12.3 Å². The monoisotopic (exact) mass is 562 g/mol. The zero-order valence-electron chi connectivity index (χ0n) is 23.9. The molecule has 0 spiro atoms. The third-order valence-corrected chi connectivity index (χ3v) is 10.0. The number of para-hydroxylation sites is 1. The number of Topliss-reactive ketones (excluding diaryl/α,β-unsaturated/α-hetero) is 1. The maximum absolute atomic E-state index is 13.1. The molecule has 1 aliphatic carbocycles. The largest absolute Gasteiger partial charge is 0.492 e. The fraction of sp³-hybridized carbons (Fsp3) is 0.531. The van der Waals surface area contributed by atoms with Crippen LogP contribution in [0.2, 0.25) is 0 Å². The van der Waals surface area contributed by atoms with Crippen molar-refractivity contribution in [1.82, 2.24) is 19.7 Å². The van der Waals surface area contributed by atoms with Gasteiger partial charge in [0, 0.05) is 47.3 Å². The number of nitrogens with one attached hydrogen (secondary N) is 2. The van der Waals surface area contributed by atoms with Gasteiger partial charge in [-0.2, -0.15) is 4.41 Å². The van der Waals surface area contributed by atoms with E-state index in [1.807, 2.05) is 11.3 Å². The van der Waals surface area contributed by atoms with Gasteiger partial charge in [-0.25, -0.2) is 5.43 Å². The number of fused-ring (bicyclic) bond motifs is 4. The first-order valence-electron chi connectivity index (χ1n) is 14.8. The first-order valence-corrected chi connectivity index (χ1v) is 15.8. The number of benzene rings is 2. The summed E-state index contributed by atoms with van der Waals surface area (Å²) < 4.78 is 11.1. The lowest BCUT2D eigenvalue weighted by molar-refractivity contribution is -0.126. The Morgan fingerprint density at radius 3 is 2.75 bits per heavy atom. The summed E-state index contributed by atoms with van der Waals surface area (Å²) in [6.07, 6.45) is 6.34. The van der Waals surface area contributed by atoms with Gasteiger partial charge in [-0.3, -0.25) is 10.1 Å². The van der Waals surface area contributed by atoms with Crippen LogP contribution in [0.15, 0.2) is 42.5 Å².